The molecule has 0 radical (unpaired) electrons. The first kappa shape index (κ1) is 15.1. The van der Waals surface area contributed by atoms with E-state index in [0.29, 0.717) is 6.54 Å². The topological polar surface area (TPSA) is 55.8 Å². The average Bonchev–Trinajstić information content (AvgIpc) is 2.99. The number of amides is 1. The fraction of sp³-hybridized carbons (Fsp3) is 0.833. The molecule has 0 heterocycles. The number of hydrogen-bond donors (Lipinski definition) is 0. The lowest BCUT2D eigenvalue weighted by Crippen LogP contribution is -2.39. The van der Waals surface area contributed by atoms with Crippen molar-refractivity contribution >= 4 is 23.7 Å². The standard InChI is InChI=1S/C12H20ClNO4/c1-12(2,3)18-11(16)14(9-4-5-9)7-6-10(15)17-8-13/h9H,4-8H2,1-3H3. The highest BCUT2D eigenvalue weighted by Gasteiger charge is 2.35. The molecule has 0 aromatic rings. The third-order valence-electron chi connectivity index (χ3n) is 2.39. The first-order valence-corrected chi connectivity index (χ1v) is 6.58. The van der Waals surface area contributed by atoms with Crippen molar-refractivity contribution in [1.82, 2.24) is 4.90 Å². The Morgan fingerprint density at radius 3 is 2.39 bits per heavy atom. The van der Waals surface area contributed by atoms with Crippen molar-refractivity contribution in [3.63, 3.8) is 0 Å². The molecule has 1 amide bonds. The minimum Gasteiger partial charge on any atom is -0.449 e. The van der Waals surface area contributed by atoms with Crippen LogP contribution in [-0.2, 0) is 14.3 Å². The second-order valence-electron chi connectivity index (χ2n) is 5.28. The van der Waals surface area contributed by atoms with E-state index >= 15 is 0 Å². The van der Waals surface area contributed by atoms with Gasteiger partial charge in [0.05, 0.1) is 6.42 Å². The molecule has 18 heavy (non-hydrogen) atoms. The maximum atomic E-state index is 11.9. The van der Waals surface area contributed by atoms with E-state index in [-0.39, 0.29) is 24.6 Å². The van der Waals surface area contributed by atoms with Gasteiger partial charge >= 0.3 is 12.1 Å². The summed E-state index contributed by atoms with van der Waals surface area (Å²) in [4.78, 5) is 24.7. The SMILES string of the molecule is CC(C)(C)OC(=O)N(CCC(=O)OCCl)C1CC1. The van der Waals surface area contributed by atoms with E-state index in [1.807, 2.05) is 20.8 Å². The van der Waals surface area contributed by atoms with E-state index in [4.69, 9.17) is 16.3 Å². The van der Waals surface area contributed by atoms with Crippen LogP contribution in [0.4, 0.5) is 4.79 Å². The molecule has 0 aromatic carbocycles. The molecule has 1 saturated carbocycles. The molecule has 1 fully saturated rings. The number of hydrogen-bond acceptors (Lipinski definition) is 4. The lowest BCUT2D eigenvalue weighted by molar-refractivity contribution is -0.141. The summed E-state index contributed by atoms with van der Waals surface area (Å²) in [6.45, 7) is 5.77. The minimum absolute atomic E-state index is 0.141. The molecular formula is C12H20ClNO4. The molecule has 0 aliphatic heterocycles. The van der Waals surface area contributed by atoms with E-state index in [2.05, 4.69) is 4.74 Å². The summed E-state index contributed by atoms with van der Waals surface area (Å²) in [5.41, 5.74) is -0.527. The van der Waals surface area contributed by atoms with Gasteiger partial charge in [0.1, 0.15) is 5.60 Å². The maximum Gasteiger partial charge on any atom is 0.410 e. The molecule has 0 bridgehead atoms. The molecule has 1 aliphatic rings. The molecule has 0 aromatic heterocycles. The monoisotopic (exact) mass is 277 g/mol. The first-order chi connectivity index (χ1) is 8.33. The zero-order valence-corrected chi connectivity index (χ0v) is 11.8. The van der Waals surface area contributed by atoms with E-state index in [0.717, 1.165) is 12.8 Å². The normalized spacial score (nSPS) is 15.1. The Bertz CT molecular complexity index is 310. The molecule has 0 spiro atoms. The summed E-state index contributed by atoms with van der Waals surface area (Å²) in [7, 11) is 0. The molecule has 1 rings (SSSR count). The highest BCUT2D eigenvalue weighted by Crippen LogP contribution is 2.28. The van der Waals surface area contributed by atoms with Gasteiger partial charge in [0.15, 0.2) is 6.07 Å². The fourth-order valence-electron chi connectivity index (χ4n) is 1.47. The van der Waals surface area contributed by atoms with Gasteiger partial charge in [-0.2, -0.15) is 0 Å². The number of nitrogens with zero attached hydrogens (tertiary/aromatic N) is 1. The first-order valence-electron chi connectivity index (χ1n) is 6.04. The second-order valence-corrected chi connectivity index (χ2v) is 5.50. The molecule has 0 unspecified atom stereocenters. The zero-order valence-electron chi connectivity index (χ0n) is 11.1. The lowest BCUT2D eigenvalue weighted by atomic mass is 10.2. The Labute approximate surface area is 112 Å². The van der Waals surface area contributed by atoms with Gasteiger partial charge in [-0.25, -0.2) is 4.79 Å². The number of rotatable bonds is 5. The summed E-state index contributed by atoms with van der Waals surface area (Å²) >= 11 is 5.29. The van der Waals surface area contributed by atoms with Crippen LogP contribution in [0, 0.1) is 0 Å². The predicted molar refractivity (Wildman–Crippen MR) is 67.4 cm³/mol. The van der Waals surface area contributed by atoms with Gasteiger partial charge < -0.3 is 14.4 Å². The Morgan fingerprint density at radius 2 is 1.94 bits per heavy atom. The summed E-state index contributed by atoms with van der Waals surface area (Å²) < 4.78 is 9.92. The van der Waals surface area contributed by atoms with Crippen LogP contribution >= 0.6 is 11.6 Å². The quantitative estimate of drug-likeness (QED) is 0.572. The van der Waals surface area contributed by atoms with Gasteiger partial charge in [-0.05, 0) is 33.6 Å². The van der Waals surface area contributed by atoms with E-state index < -0.39 is 11.6 Å². The van der Waals surface area contributed by atoms with Crippen molar-refractivity contribution in [3.8, 4) is 0 Å². The van der Waals surface area contributed by atoms with Gasteiger partial charge in [0.25, 0.3) is 0 Å². The van der Waals surface area contributed by atoms with Crippen LogP contribution in [0.5, 0.6) is 0 Å². The van der Waals surface area contributed by atoms with Gasteiger partial charge in [0, 0.05) is 12.6 Å². The summed E-state index contributed by atoms with van der Waals surface area (Å²) in [6.07, 6.45) is 1.69. The number of carbonyl (C=O) groups is 2. The molecule has 104 valence electrons. The van der Waals surface area contributed by atoms with E-state index in [1.54, 1.807) is 4.90 Å². The Morgan fingerprint density at radius 1 is 1.33 bits per heavy atom. The zero-order chi connectivity index (χ0) is 13.8. The van der Waals surface area contributed by atoms with E-state index in [9.17, 15) is 9.59 Å². The molecule has 1 aliphatic carbocycles. The number of ether oxygens (including phenoxy) is 2. The van der Waals surface area contributed by atoms with Crippen LogP contribution in [-0.4, -0.2) is 41.2 Å². The summed E-state index contributed by atoms with van der Waals surface area (Å²) in [5, 5.41) is 0. The smallest absolute Gasteiger partial charge is 0.410 e. The Balaban J connectivity index is 2.45. The van der Waals surface area contributed by atoms with Crippen molar-refractivity contribution in [1.29, 1.82) is 0 Å². The van der Waals surface area contributed by atoms with Crippen LogP contribution in [0.2, 0.25) is 0 Å². The molecule has 0 N–H and O–H groups in total. The predicted octanol–water partition coefficient (Wildman–Crippen LogP) is 2.52. The van der Waals surface area contributed by atoms with Crippen LogP contribution in [0.25, 0.3) is 0 Å². The van der Waals surface area contributed by atoms with Crippen LogP contribution in [0.15, 0.2) is 0 Å². The third kappa shape index (κ3) is 5.58. The van der Waals surface area contributed by atoms with Crippen molar-refractivity contribution in [2.45, 2.75) is 51.7 Å². The highest BCUT2D eigenvalue weighted by molar-refractivity contribution is 6.17. The van der Waals surface area contributed by atoms with Gasteiger partial charge in [-0.1, -0.05) is 11.6 Å². The number of esters is 1. The molecule has 0 saturated heterocycles. The van der Waals surface area contributed by atoms with Crippen LogP contribution in [0.1, 0.15) is 40.0 Å². The minimum atomic E-state index is -0.527. The fourth-order valence-corrected chi connectivity index (χ4v) is 1.60. The number of alkyl halides is 1. The molecular weight excluding hydrogens is 258 g/mol. The number of halogens is 1. The number of carbonyl (C=O) groups excluding carboxylic acids is 2. The summed E-state index contributed by atoms with van der Waals surface area (Å²) in [6, 6.07) is 0.0398. The largest absolute Gasteiger partial charge is 0.449 e. The Hall–Kier alpha value is -0.970. The van der Waals surface area contributed by atoms with Gasteiger partial charge in [-0.15, -0.1) is 0 Å². The van der Waals surface area contributed by atoms with Crippen molar-refractivity contribution in [2.24, 2.45) is 0 Å². The maximum absolute atomic E-state index is 11.9. The third-order valence-corrected chi connectivity index (χ3v) is 2.50. The van der Waals surface area contributed by atoms with Crippen molar-refractivity contribution in [3.05, 3.63) is 0 Å². The molecule has 6 heteroatoms. The molecule has 0 atom stereocenters. The summed E-state index contributed by atoms with van der Waals surface area (Å²) in [5.74, 6) is -0.404. The van der Waals surface area contributed by atoms with Crippen LogP contribution in [0.3, 0.4) is 0 Å². The van der Waals surface area contributed by atoms with Gasteiger partial charge in [0.2, 0.25) is 0 Å². The van der Waals surface area contributed by atoms with Crippen molar-refractivity contribution in [2.75, 3.05) is 12.6 Å². The second kappa shape index (κ2) is 6.27. The van der Waals surface area contributed by atoms with Crippen molar-refractivity contribution < 1.29 is 19.1 Å². The molecule has 5 nitrogen and oxygen atoms in total. The highest BCUT2D eigenvalue weighted by atomic mass is 35.5. The Kier molecular flexibility index (Phi) is 5.26. The van der Waals surface area contributed by atoms with Gasteiger partial charge in [-0.3, -0.25) is 4.79 Å². The lowest BCUT2D eigenvalue weighted by Gasteiger charge is -2.27. The average molecular weight is 278 g/mol. The van der Waals surface area contributed by atoms with E-state index in [1.165, 1.54) is 0 Å². The van der Waals surface area contributed by atoms with Crippen LogP contribution < -0.4 is 0 Å².